The lowest BCUT2D eigenvalue weighted by Crippen LogP contribution is -2.02. The van der Waals surface area contributed by atoms with E-state index < -0.39 is 0 Å². The van der Waals surface area contributed by atoms with Crippen LogP contribution in [0, 0.1) is 0 Å². The van der Waals surface area contributed by atoms with Crippen LogP contribution in [0.15, 0.2) is 83.4 Å². The van der Waals surface area contributed by atoms with Gasteiger partial charge >= 0.3 is 0 Å². The standard InChI is InChI=1S/C19H17N/c1-14(2)17-13-20-19(16-11-7-4-8-12-16)18(17)15-9-5-3-6-10-15/h3-12H,1,13H2,2H3. The predicted octanol–water partition coefficient (Wildman–Crippen LogP) is 4.52. The highest BCUT2D eigenvalue weighted by Gasteiger charge is 2.22. The van der Waals surface area contributed by atoms with Gasteiger partial charge in [-0.25, -0.2) is 0 Å². The van der Waals surface area contributed by atoms with Crippen LogP contribution in [0.1, 0.15) is 18.1 Å². The average molecular weight is 259 g/mol. The van der Waals surface area contributed by atoms with E-state index in [1.165, 1.54) is 22.3 Å². The SMILES string of the molecule is C=C(C)C1=C(c2ccccc2)C(c2ccccc2)=NC1. The topological polar surface area (TPSA) is 12.4 Å². The Balaban J connectivity index is 2.15. The van der Waals surface area contributed by atoms with Crippen LogP contribution in [-0.2, 0) is 0 Å². The Labute approximate surface area is 120 Å². The first-order valence-corrected chi connectivity index (χ1v) is 6.82. The Hall–Kier alpha value is -2.41. The first-order valence-electron chi connectivity index (χ1n) is 6.82. The fourth-order valence-electron chi connectivity index (χ4n) is 2.55. The summed E-state index contributed by atoms with van der Waals surface area (Å²) in [4.78, 5) is 4.75. The summed E-state index contributed by atoms with van der Waals surface area (Å²) in [5, 5.41) is 0. The maximum absolute atomic E-state index is 4.75. The highest BCUT2D eigenvalue weighted by Crippen LogP contribution is 2.32. The summed E-state index contributed by atoms with van der Waals surface area (Å²) in [5.41, 5.74) is 7.03. The zero-order valence-corrected chi connectivity index (χ0v) is 11.6. The van der Waals surface area contributed by atoms with Gasteiger partial charge in [0.25, 0.3) is 0 Å². The molecular formula is C19H17N. The molecule has 0 N–H and O–H groups in total. The molecule has 0 saturated heterocycles. The Morgan fingerprint density at radius 1 is 0.900 bits per heavy atom. The molecule has 3 rings (SSSR count). The molecule has 2 aromatic rings. The number of hydrogen-bond donors (Lipinski definition) is 0. The molecule has 0 aliphatic carbocycles. The number of allylic oxidation sites excluding steroid dienone is 1. The van der Waals surface area contributed by atoms with Crippen LogP contribution in [0.2, 0.25) is 0 Å². The van der Waals surface area contributed by atoms with E-state index in [0.29, 0.717) is 0 Å². The number of rotatable bonds is 3. The van der Waals surface area contributed by atoms with Gasteiger partial charge in [0.15, 0.2) is 0 Å². The first kappa shape index (κ1) is 12.6. The van der Waals surface area contributed by atoms with Crippen molar-refractivity contribution in [3.8, 4) is 0 Å². The third-order valence-corrected chi connectivity index (χ3v) is 3.56. The molecule has 1 heterocycles. The van der Waals surface area contributed by atoms with Crippen molar-refractivity contribution in [3.05, 3.63) is 89.5 Å². The van der Waals surface area contributed by atoms with E-state index in [1.807, 2.05) is 12.1 Å². The van der Waals surface area contributed by atoms with Crippen molar-refractivity contribution in [2.45, 2.75) is 6.92 Å². The smallest absolute Gasteiger partial charge is 0.0732 e. The molecule has 1 nitrogen and oxygen atoms in total. The van der Waals surface area contributed by atoms with Crippen LogP contribution >= 0.6 is 0 Å². The van der Waals surface area contributed by atoms with Crippen LogP contribution in [0.25, 0.3) is 5.57 Å². The van der Waals surface area contributed by atoms with Crippen molar-refractivity contribution in [3.63, 3.8) is 0 Å². The zero-order valence-electron chi connectivity index (χ0n) is 11.6. The van der Waals surface area contributed by atoms with Gasteiger partial charge in [-0.15, -0.1) is 0 Å². The zero-order chi connectivity index (χ0) is 13.9. The van der Waals surface area contributed by atoms with E-state index in [0.717, 1.165) is 17.8 Å². The monoisotopic (exact) mass is 259 g/mol. The van der Waals surface area contributed by atoms with Crippen LogP contribution in [-0.4, -0.2) is 12.3 Å². The molecule has 0 fully saturated rings. The third-order valence-electron chi connectivity index (χ3n) is 3.56. The van der Waals surface area contributed by atoms with Crippen molar-refractivity contribution in [2.24, 2.45) is 4.99 Å². The quantitative estimate of drug-likeness (QED) is 0.768. The van der Waals surface area contributed by atoms with E-state index in [2.05, 4.69) is 62.0 Å². The maximum atomic E-state index is 4.75. The second-order valence-corrected chi connectivity index (χ2v) is 5.03. The molecule has 1 aliphatic heterocycles. The minimum absolute atomic E-state index is 0.726. The molecule has 0 unspecified atom stereocenters. The van der Waals surface area contributed by atoms with Crippen molar-refractivity contribution in [2.75, 3.05) is 6.54 Å². The van der Waals surface area contributed by atoms with Crippen LogP contribution in [0.5, 0.6) is 0 Å². The fraction of sp³-hybridized carbons (Fsp3) is 0.105. The number of nitrogens with zero attached hydrogens (tertiary/aromatic N) is 1. The average Bonchev–Trinajstić information content (AvgIpc) is 2.94. The molecule has 0 spiro atoms. The molecular weight excluding hydrogens is 242 g/mol. The van der Waals surface area contributed by atoms with Gasteiger partial charge in [0.2, 0.25) is 0 Å². The first-order chi connectivity index (χ1) is 9.77. The predicted molar refractivity (Wildman–Crippen MR) is 86.0 cm³/mol. The van der Waals surface area contributed by atoms with Crippen molar-refractivity contribution in [1.82, 2.24) is 0 Å². The van der Waals surface area contributed by atoms with Crippen LogP contribution in [0.4, 0.5) is 0 Å². The van der Waals surface area contributed by atoms with E-state index in [9.17, 15) is 0 Å². The molecule has 0 atom stereocenters. The van der Waals surface area contributed by atoms with Gasteiger partial charge in [-0.2, -0.15) is 0 Å². The van der Waals surface area contributed by atoms with Crippen molar-refractivity contribution >= 4 is 11.3 Å². The highest BCUT2D eigenvalue weighted by atomic mass is 14.8. The number of aliphatic imine (C=N–C) groups is 1. The number of hydrogen-bond acceptors (Lipinski definition) is 1. The molecule has 0 amide bonds. The molecule has 20 heavy (non-hydrogen) atoms. The molecule has 1 aliphatic rings. The Morgan fingerprint density at radius 3 is 2.00 bits per heavy atom. The second kappa shape index (κ2) is 5.30. The van der Waals surface area contributed by atoms with Crippen molar-refractivity contribution < 1.29 is 0 Å². The van der Waals surface area contributed by atoms with E-state index in [1.54, 1.807) is 0 Å². The molecule has 98 valence electrons. The minimum Gasteiger partial charge on any atom is -0.279 e. The van der Waals surface area contributed by atoms with E-state index >= 15 is 0 Å². The Kier molecular flexibility index (Phi) is 3.34. The van der Waals surface area contributed by atoms with E-state index in [-0.39, 0.29) is 0 Å². The summed E-state index contributed by atoms with van der Waals surface area (Å²) >= 11 is 0. The molecule has 1 heteroatoms. The summed E-state index contributed by atoms with van der Waals surface area (Å²) in [6.07, 6.45) is 0. The van der Waals surface area contributed by atoms with Gasteiger partial charge in [0, 0.05) is 11.1 Å². The Bertz CT molecular complexity index is 691. The largest absolute Gasteiger partial charge is 0.279 e. The van der Waals surface area contributed by atoms with Gasteiger partial charge < -0.3 is 0 Å². The summed E-state index contributed by atoms with van der Waals surface area (Å²) in [6.45, 7) is 6.89. The maximum Gasteiger partial charge on any atom is 0.0732 e. The molecule has 2 aromatic carbocycles. The van der Waals surface area contributed by atoms with Gasteiger partial charge in [-0.05, 0) is 18.1 Å². The van der Waals surface area contributed by atoms with Crippen LogP contribution < -0.4 is 0 Å². The summed E-state index contributed by atoms with van der Waals surface area (Å²) < 4.78 is 0. The Morgan fingerprint density at radius 2 is 1.45 bits per heavy atom. The fourth-order valence-corrected chi connectivity index (χ4v) is 2.55. The lowest BCUT2D eigenvalue weighted by molar-refractivity contribution is 1.18. The summed E-state index contributed by atoms with van der Waals surface area (Å²) in [6, 6.07) is 20.8. The number of benzene rings is 2. The minimum atomic E-state index is 0.726. The van der Waals surface area contributed by atoms with Crippen molar-refractivity contribution in [1.29, 1.82) is 0 Å². The molecule has 0 aromatic heterocycles. The summed E-state index contributed by atoms with van der Waals surface area (Å²) in [5.74, 6) is 0. The molecule has 0 bridgehead atoms. The normalized spacial score (nSPS) is 14.3. The van der Waals surface area contributed by atoms with Gasteiger partial charge in [-0.3, -0.25) is 4.99 Å². The van der Waals surface area contributed by atoms with Gasteiger partial charge in [-0.1, -0.05) is 72.8 Å². The van der Waals surface area contributed by atoms with Gasteiger partial charge in [0.05, 0.1) is 12.3 Å². The van der Waals surface area contributed by atoms with Gasteiger partial charge in [0.1, 0.15) is 0 Å². The second-order valence-electron chi connectivity index (χ2n) is 5.03. The lowest BCUT2D eigenvalue weighted by atomic mass is 9.91. The third kappa shape index (κ3) is 2.23. The molecule has 0 saturated carbocycles. The van der Waals surface area contributed by atoms with E-state index in [4.69, 9.17) is 4.99 Å². The molecule has 0 radical (unpaired) electrons. The summed E-state index contributed by atoms with van der Waals surface area (Å²) in [7, 11) is 0. The highest BCUT2D eigenvalue weighted by molar-refractivity contribution is 6.34. The lowest BCUT2D eigenvalue weighted by Gasteiger charge is -2.11. The van der Waals surface area contributed by atoms with Crippen LogP contribution in [0.3, 0.4) is 0 Å².